The summed E-state index contributed by atoms with van der Waals surface area (Å²) in [5, 5.41) is 69.9. The molecule has 3 N–H and O–H groups in total. The number of carbonyl (C=O) groups excluding carboxylic acids is 3. The van der Waals surface area contributed by atoms with E-state index < -0.39 is 71.7 Å². The molecule has 0 bridgehead atoms. The molecule has 0 saturated heterocycles. The summed E-state index contributed by atoms with van der Waals surface area (Å²) >= 11 is 0. The number of esters is 1. The van der Waals surface area contributed by atoms with E-state index in [1.165, 1.54) is 105 Å². The standard InChI is InChI=1S/C23H19NO8.C10H10F3NO4.C8H8NO5P.C7H6NO5P.C7H5NO3.C2H6O/c1-15-6-7-20(10-17(15)12-25)32-30-14-16-4-2-3-5-21(16)23(27)31-19-8-9-22(24(28)29)18(11-19)13-26;1-7(18-17-6-10(11,12)13)8-4-2-3-5-9(8)14(15)16;1-6(14-15(12)13)7-4-2-3-5-8(7)9(10)11;9-8(10)7-4-2-1-3-6(7)5-13-14(11)12;9-5-6-3-1-2-4-7(6)8(10)11;1-2-3/h2-11,13,25H,12,14H2,1H3;2-5,7H,6H2,1H3;2-6H,1H3;1-4H,5H2;1-5H;3H,2H2,1H3/p+1. The smallest absolute Gasteiger partial charge is 0.423 e. The number of nitro benzene ring substituents is 5. The third kappa shape index (κ3) is 28.6. The largest absolute Gasteiger partial charge is 0.695 e. The number of alkyl halides is 3. The predicted octanol–water partition coefficient (Wildman–Crippen LogP) is 13.0. The Hall–Kier alpha value is -10.4. The number of carbonyl (C=O) groups is 3. The van der Waals surface area contributed by atoms with Gasteiger partial charge in [-0.05, 0) is 99.0 Å². The van der Waals surface area contributed by atoms with Gasteiger partial charge in [0, 0.05) is 41.5 Å². The van der Waals surface area contributed by atoms with Gasteiger partial charge in [-0.25, -0.2) is 23.7 Å². The van der Waals surface area contributed by atoms with Crippen LogP contribution in [0.2, 0.25) is 0 Å². The van der Waals surface area contributed by atoms with Crippen LogP contribution in [-0.2, 0) is 57.2 Å². The van der Waals surface area contributed by atoms with Gasteiger partial charge in [-0.3, -0.25) is 64.7 Å². The first-order chi connectivity index (χ1) is 44.0. The van der Waals surface area contributed by atoms with Gasteiger partial charge in [0.2, 0.25) is 0 Å². The first kappa shape index (κ1) is 78.7. The van der Waals surface area contributed by atoms with Gasteiger partial charge in [-0.15, -0.1) is 9.42 Å². The summed E-state index contributed by atoms with van der Waals surface area (Å²) in [6, 6.07) is 38.2. The molecule has 0 amide bonds. The third-order valence-corrected chi connectivity index (χ3v) is 12.1. The van der Waals surface area contributed by atoms with Crippen LogP contribution in [0.15, 0.2) is 158 Å². The highest BCUT2D eigenvalue weighted by Crippen LogP contribution is 2.32. The van der Waals surface area contributed by atoms with Crippen molar-refractivity contribution in [2.45, 2.75) is 65.9 Å². The van der Waals surface area contributed by atoms with E-state index in [-0.39, 0.29) is 94.0 Å². The van der Waals surface area contributed by atoms with Crippen molar-refractivity contribution in [3.05, 3.63) is 258 Å². The van der Waals surface area contributed by atoms with Crippen molar-refractivity contribution < 1.29 is 114 Å². The Morgan fingerprint density at radius 1 is 0.591 bits per heavy atom. The van der Waals surface area contributed by atoms with E-state index in [0.29, 0.717) is 29.4 Å². The number of aryl methyl sites for hydroxylation is 1. The number of para-hydroxylation sites is 4. The molecular formula is C57H55F3N5O26P2+. The lowest BCUT2D eigenvalue weighted by atomic mass is 10.1. The first-order valence-electron chi connectivity index (χ1n) is 26.0. The number of ether oxygens (including phenoxy) is 1. The van der Waals surface area contributed by atoms with Crippen molar-refractivity contribution in [3.63, 3.8) is 0 Å². The lowest BCUT2D eigenvalue weighted by Gasteiger charge is -2.13. The molecule has 7 rings (SSSR count). The van der Waals surface area contributed by atoms with Gasteiger partial charge in [0.25, 0.3) is 28.4 Å². The zero-order chi connectivity index (χ0) is 69.8. The zero-order valence-electron chi connectivity index (χ0n) is 48.9. The molecule has 494 valence electrons. The fourth-order valence-corrected chi connectivity index (χ4v) is 7.64. The minimum absolute atomic E-state index is 0.00846. The monoisotopic (exact) mass is 1340 g/mol. The predicted molar refractivity (Wildman–Crippen MR) is 317 cm³/mol. The quantitative estimate of drug-likeness (QED) is 0.00962. The van der Waals surface area contributed by atoms with E-state index in [1.54, 1.807) is 61.5 Å². The molecule has 0 fully saturated rings. The fourth-order valence-electron chi connectivity index (χ4n) is 7.02. The Labute approximate surface area is 524 Å². The van der Waals surface area contributed by atoms with Gasteiger partial charge in [0.15, 0.2) is 24.9 Å². The molecule has 0 aromatic heterocycles. The minimum Gasteiger partial charge on any atom is -0.423 e. The lowest BCUT2D eigenvalue weighted by molar-refractivity contribution is -0.390. The molecule has 3 unspecified atom stereocenters. The summed E-state index contributed by atoms with van der Waals surface area (Å²) in [5.41, 5.74) is 1.81. The maximum Gasteiger partial charge on any atom is 0.695 e. The van der Waals surface area contributed by atoms with E-state index in [1.807, 2.05) is 6.92 Å². The normalized spacial score (nSPS) is 11.1. The number of halogens is 3. The van der Waals surface area contributed by atoms with E-state index in [4.69, 9.17) is 24.5 Å². The lowest BCUT2D eigenvalue weighted by Crippen LogP contribution is -2.18. The number of hydrogen-bond acceptors (Lipinski definition) is 25. The zero-order valence-corrected chi connectivity index (χ0v) is 50.6. The number of aldehydes is 2. The van der Waals surface area contributed by atoms with Crippen molar-refractivity contribution in [2.75, 3.05) is 13.2 Å². The molecule has 7 aromatic rings. The van der Waals surface area contributed by atoms with E-state index >= 15 is 0 Å². The molecule has 36 heteroatoms. The summed E-state index contributed by atoms with van der Waals surface area (Å²) in [4.78, 5) is 111. The molecule has 31 nitrogen and oxygen atoms in total. The average molecular weight is 1350 g/mol. The van der Waals surface area contributed by atoms with Gasteiger partial charge >= 0.3 is 28.3 Å². The molecule has 3 atom stereocenters. The van der Waals surface area contributed by atoms with Crippen LogP contribution in [0.3, 0.4) is 0 Å². The topological polar surface area (TPSA) is 443 Å². The van der Waals surface area contributed by atoms with E-state index in [0.717, 1.165) is 17.7 Å². The SMILES string of the molecule is CC(OOCC(F)(F)F)c1ccccc1[N+](=O)[O-].CC(OP(=O)=O)c1ccccc1[N+](=O)[O-].CCO.Cc1ccc(OOCc2ccccc2C(=O)Oc2ccc([N+](=O)[O-])c(C=O)c2)cc1CO.O=Cc1ccccc1[N+](=O)[O-].O=[N+]([O-])c1ccccc1CO[P+](=O)O. The summed E-state index contributed by atoms with van der Waals surface area (Å²) in [6.07, 6.45) is -5.55. The molecule has 93 heavy (non-hydrogen) atoms. The van der Waals surface area contributed by atoms with Crippen LogP contribution in [0.5, 0.6) is 11.5 Å². The van der Waals surface area contributed by atoms with Gasteiger partial charge in [0.1, 0.15) is 31.2 Å². The van der Waals surface area contributed by atoms with Crippen molar-refractivity contribution in [1.82, 2.24) is 0 Å². The van der Waals surface area contributed by atoms with Gasteiger partial charge in [0.05, 0.1) is 64.6 Å². The second-order valence-electron chi connectivity index (χ2n) is 17.6. The fraction of sp³-hybridized carbons (Fsp3) is 0.211. The van der Waals surface area contributed by atoms with Crippen molar-refractivity contribution in [2.24, 2.45) is 0 Å². The highest BCUT2D eigenvalue weighted by molar-refractivity contribution is 7.32. The molecule has 7 aromatic carbocycles. The van der Waals surface area contributed by atoms with Crippen LogP contribution in [0.25, 0.3) is 0 Å². The van der Waals surface area contributed by atoms with Crippen LogP contribution < -0.4 is 9.62 Å². The Morgan fingerprint density at radius 3 is 1.55 bits per heavy atom. The maximum atomic E-state index is 12.6. The minimum atomic E-state index is -4.51. The number of rotatable bonds is 24. The number of aliphatic hydroxyl groups excluding tert-OH is 2. The molecule has 0 heterocycles. The Morgan fingerprint density at radius 2 is 1.05 bits per heavy atom. The van der Waals surface area contributed by atoms with E-state index in [2.05, 4.69) is 18.8 Å². The number of benzene rings is 7. The van der Waals surface area contributed by atoms with Crippen LogP contribution in [0.1, 0.15) is 97.4 Å². The van der Waals surface area contributed by atoms with E-state index in [9.17, 15) is 96.9 Å². The van der Waals surface area contributed by atoms with Crippen LogP contribution in [0, 0.1) is 57.5 Å². The number of aliphatic hydroxyl groups is 2. The highest BCUT2D eigenvalue weighted by atomic mass is 31.1. The number of nitro groups is 5. The average Bonchev–Trinajstić information content (AvgIpc) is 1.10. The molecule has 0 saturated carbocycles. The molecule has 0 radical (unpaired) electrons. The van der Waals surface area contributed by atoms with Crippen molar-refractivity contribution >= 4 is 63.1 Å². The van der Waals surface area contributed by atoms with Crippen LogP contribution in [0.4, 0.5) is 41.6 Å². The maximum absolute atomic E-state index is 12.6. The number of hydrogen-bond donors (Lipinski definition) is 3. The summed E-state index contributed by atoms with van der Waals surface area (Å²) in [7, 11) is -5.75. The Bertz CT molecular complexity index is 3760. The van der Waals surface area contributed by atoms with Gasteiger partial charge in [-0.2, -0.15) is 18.1 Å². The molecule has 0 spiro atoms. The second-order valence-corrected chi connectivity index (χ2v) is 19.0. The molecule has 0 aliphatic carbocycles. The molecule has 0 aliphatic heterocycles. The van der Waals surface area contributed by atoms with Crippen LogP contribution >= 0.6 is 16.2 Å². The first-order valence-corrected chi connectivity index (χ1v) is 28.2. The summed E-state index contributed by atoms with van der Waals surface area (Å²) in [5.74, 6) is -0.342. The highest BCUT2D eigenvalue weighted by Gasteiger charge is 2.30. The summed E-state index contributed by atoms with van der Waals surface area (Å²) < 4.78 is 80.4. The third-order valence-electron chi connectivity index (χ3n) is 11.2. The molecular weight excluding hydrogens is 1290 g/mol. The number of nitrogens with zero attached hydrogens (tertiary/aromatic N) is 5. The van der Waals surface area contributed by atoms with Gasteiger partial charge < -0.3 is 19.8 Å². The van der Waals surface area contributed by atoms with Crippen LogP contribution in [-0.4, -0.2) is 77.7 Å². The second kappa shape index (κ2) is 41.1. The Balaban J connectivity index is 0.000000415. The summed E-state index contributed by atoms with van der Waals surface area (Å²) in [6.45, 7) is 4.56. The molecule has 0 aliphatic rings. The van der Waals surface area contributed by atoms with Crippen molar-refractivity contribution in [1.29, 1.82) is 0 Å². The van der Waals surface area contributed by atoms with Crippen molar-refractivity contribution in [3.8, 4) is 11.5 Å². The Kier molecular flexibility index (Phi) is 34.8. The van der Waals surface area contributed by atoms with Gasteiger partial charge in [-0.1, -0.05) is 72.8 Å².